The van der Waals surface area contributed by atoms with E-state index in [0.29, 0.717) is 168 Å². The van der Waals surface area contributed by atoms with Gasteiger partial charge in [0.15, 0.2) is 5.69 Å². The third kappa shape index (κ3) is 17.7. The maximum absolute atomic E-state index is 16.8. The normalized spacial score (nSPS) is 11.4. The zero-order chi connectivity index (χ0) is 101. The number of hydrogen-bond donors (Lipinski definition) is 0. The van der Waals surface area contributed by atoms with Crippen molar-refractivity contribution in [3.63, 3.8) is 0 Å². The van der Waals surface area contributed by atoms with Gasteiger partial charge in [0.2, 0.25) is 0 Å². The van der Waals surface area contributed by atoms with Gasteiger partial charge in [-0.3, -0.25) is 0 Å². The van der Waals surface area contributed by atoms with Crippen LogP contribution in [0.4, 0.5) is 118 Å². The van der Waals surface area contributed by atoms with Crippen LogP contribution in [0.2, 0.25) is 0 Å². The van der Waals surface area contributed by atoms with E-state index in [9.17, 15) is 40.4 Å². The van der Waals surface area contributed by atoms with Gasteiger partial charge in [0.05, 0.1) is 52.3 Å². The Morgan fingerprint density at radius 1 is 0.209 bits per heavy atom. The Balaban J connectivity index is 0.000000163. The van der Waals surface area contributed by atoms with Crippen LogP contribution < -0.4 is 19.6 Å². The first-order valence-corrected chi connectivity index (χ1v) is 47.9. The van der Waals surface area contributed by atoms with Crippen molar-refractivity contribution in [2.75, 3.05) is 19.6 Å². The number of para-hydroxylation sites is 2. The molecule has 6 nitrogen and oxygen atoms in total. The minimum Gasteiger partial charge on any atom is -0.311 e. The van der Waals surface area contributed by atoms with Crippen LogP contribution in [0.3, 0.4) is 0 Å². The molecule has 0 heterocycles. The van der Waals surface area contributed by atoms with Crippen molar-refractivity contribution in [1.29, 1.82) is 5.26 Å². The molecule has 0 aliphatic rings. The molecule has 148 heavy (non-hydrogen) atoms. The fourth-order valence-electron chi connectivity index (χ4n) is 20.8. The minimum atomic E-state index is -0.476. The Labute approximate surface area is 846 Å². The summed E-state index contributed by atoms with van der Waals surface area (Å²) in [5, 5.41) is 21.0. The van der Waals surface area contributed by atoms with Crippen LogP contribution in [0.1, 0.15) is 16.7 Å². The second kappa shape index (κ2) is 38.6. The van der Waals surface area contributed by atoms with Crippen molar-refractivity contribution >= 4 is 139 Å². The largest absolute Gasteiger partial charge is 0.311 e. The Morgan fingerprint density at radius 3 is 0.689 bits per heavy atom. The van der Waals surface area contributed by atoms with Crippen molar-refractivity contribution in [3.8, 4) is 95.1 Å². The van der Waals surface area contributed by atoms with Gasteiger partial charge in [0, 0.05) is 55.7 Å². The molecule has 24 aromatic carbocycles. The van der Waals surface area contributed by atoms with Gasteiger partial charge in [-0.15, -0.1) is 0 Å². The molecule has 0 aliphatic heterocycles. The van der Waals surface area contributed by atoms with E-state index in [2.05, 4.69) is 69.2 Å². The molecule has 0 unspecified atom stereocenters. The summed E-state index contributed by atoms with van der Waals surface area (Å²) in [6.45, 7) is 11.7. The zero-order valence-corrected chi connectivity index (χ0v) is 79.2. The summed E-state index contributed by atoms with van der Waals surface area (Å²) < 4.78 is 153. The van der Waals surface area contributed by atoms with Crippen molar-refractivity contribution in [2.24, 2.45) is 0 Å². The van der Waals surface area contributed by atoms with E-state index in [1.807, 2.05) is 218 Å². The van der Waals surface area contributed by atoms with Crippen LogP contribution in [0.25, 0.3) is 158 Å². The molecule has 0 radical (unpaired) electrons. The van der Waals surface area contributed by atoms with E-state index in [0.717, 1.165) is 76.0 Å². The maximum Gasteiger partial charge on any atom is 0.189 e. The Hall–Kier alpha value is -19.2. The molecular formula is C132H80F10N6. The number of benzene rings is 24. The molecule has 0 spiro atoms. The van der Waals surface area contributed by atoms with Gasteiger partial charge in [-0.1, -0.05) is 212 Å². The topological polar surface area (TPSA) is 41.1 Å². The fraction of sp³-hybridized carbons (Fsp3) is 0.0152. The first kappa shape index (κ1) is 92.5. The minimum absolute atomic E-state index is 0.290. The Morgan fingerprint density at radius 2 is 0.439 bits per heavy atom. The molecule has 708 valence electrons. The summed E-state index contributed by atoms with van der Waals surface area (Å²) >= 11 is 0. The number of anilines is 12. The van der Waals surface area contributed by atoms with Crippen molar-refractivity contribution < 1.29 is 43.9 Å². The maximum atomic E-state index is 16.8. The molecule has 16 heteroatoms. The van der Waals surface area contributed by atoms with Gasteiger partial charge in [-0.2, -0.15) is 5.26 Å². The average Bonchev–Trinajstić information content (AvgIpc) is 0.711. The second-order valence-electron chi connectivity index (χ2n) is 36.8. The van der Waals surface area contributed by atoms with E-state index in [1.165, 1.54) is 109 Å². The lowest BCUT2D eigenvalue weighted by Crippen LogP contribution is -2.15. The predicted molar refractivity (Wildman–Crippen MR) is 583 cm³/mol. The summed E-state index contributed by atoms with van der Waals surface area (Å²) in [6, 6.07) is 133. The molecule has 0 saturated carbocycles. The second-order valence-corrected chi connectivity index (χ2v) is 36.8. The van der Waals surface area contributed by atoms with Gasteiger partial charge in [-0.05, 0) is 394 Å². The number of halogens is 10. The van der Waals surface area contributed by atoms with Gasteiger partial charge in [0.1, 0.15) is 58.2 Å². The molecule has 0 aromatic heterocycles. The van der Waals surface area contributed by atoms with Crippen molar-refractivity contribution in [3.05, 3.63) is 535 Å². The van der Waals surface area contributed by atoms with Crippen LogP contribution in [-0.4, -0.2) is 0 Å². The number of nitrogens with zero attached hydrogens (tertiary/aromatic N) is 6. The fourth-order valence-corrected chi connectivity index (χ4v) is 20.8. The lowest BCUT2D eigenvalue weighted by Gasteiger charge is -2.31. The number of nitriles is 1. The summed E-state index contributed by atoms with van der Waals surface area (Å²) in [4.78, 5) is 11.7. The van der Waals surface area contributed by atoms with E-state index < -0.39 is 58.2 Å². The lowest BCUT2D eigenvalue weighted by atomic mass is 9.91. The summed E-state index contributed by atoms with van der Waals surface area (Å²) in [5.74, 6) is -4.24. The Bertz CT molecular complexity index is 8680. The highest BCUT2D eigenvalue weighted by molar-refractivity contribution is 6.30. The number of aryl methyl sites for hydroxylation is 2. The molecule has 0 fully saturated rings. The summed E-state index contributed by atoms with van der Waals surface area (Å²) in [7, 11) is 0. The molecule has 24 aromatic rings. The monoisotopic (exact) mass is 1940 g/mol. The summed E-state index contributed by atoms with van der Waals surface area (Å²) in [6.07, 6.45) is 0. The molecule has 0 amide bonds. The molecule has 0 atom stereocenters. The molecule has 24 rings (SSSR count). The van der Waals surface area contributed by atoms with E-state index >= 15 is 8.78 Å². The van der Waals surface area contributed by atoms with Crippen LogP contribution in [-0.2, 0) is 0 Å². The van der Waals surface area contributed by atoms with Crippen LogP contribution in [0.5, 0.6) is 0 Å². The third-order valence-electron chi connectivity index (χ3n) is 27.4. The highest BCUT2D eigenvalue weighted by Gasteiger charge is 2.31. The molecule has 0 aliphatic carbocycles. The molecule has 0 bridgehead atoms. The first-order chi connectivity index (χ1) is 72.1. The highest BCUT2D eigenvalue weighted by atomic mass is 19.2. The van der Waals surface area contributed by atoms with Gasteiger partial charge < -0.3 is 19.6 Å². The van der Waals surface area contributed by atoms with Crippen molar-refractivity contribution in [2.45, 2.75) is 13.8 Å². The molecule has 0 N–H and O–H groups in total. The van der Waals surface area contributed by atoms with E-state index in [1.54, 1.807) is 97.1 Å². The number of rotatable bonds is 20. The molecule has 0 saturated heterocycles. The molecular weight excluding hydrogens is 1860 g/mol. The van der Waals surface area contributed by atoms with Gasteiger partial charge in [0.25, 0.3) is 0 Å². The van der Waals surface area contributed by atoms with Crippen LogP contribution in [0.15, 0.2) is 449 Å². The average molecular weight is 1940 g/mol. The predicted octanol–water partition coefficient (Wildman–Crippen LogP) is 38.8. The lowest BCUT2D eigenvalue weighted by molar-refractivity contribution is 0.627. The van der Waals surface area contributed by atoms with Gasteiger partial charge >= 0.3 is 0 Å². The van der Waals surface area contributed by atoms with Crippen molar-refractivity contribution in [1.82, 2.24) is 0 Å². The smallest absolute Gasteiger partial charge is 0.189 e. The number of hydrogen-bond acceptors (Lipinski definition) is 5. The van der Waals surface area contributed by atoms with E-state index in [-0.39, 0.29) is 0 Å². The Kier molecular flexibility index (Phi) is 24.1. The SMILES string of the molecule is Cc1cccc(F)c1N(c1cc(-c2cccc(F)c2)cc(-c2cccc(F)c2)c1)c1ccc2ccc3c(N(c4cc(-c5cccc(F)c5)cc(-c5cccc(F)c5)c4)c4c(C)cccc4F)ccc4ccc1c2c43.[C-]#[N+]c1cccc(N(c2cc(-c3cccc(F)c3)cc(-c3cccc(F)c3)c2)c2ccc3ccc4c(N(c5cccc(C#N)c5)c5cc(-c6cccc(F)c6)cc(-c6cccc(F)c6)c5)ccc5ccc2c3c54)c1. The van der Waals surface area contributed by atoms with Crippen LogP contribution in [0, 0.1) is 89.9 Å². The zero-order valence-electron chi connectivity index (χ0n) is 79.2. The standard InChI is InChI=1S/C66H42F6N2.C66H38F4N4/c1-39-9-3-19-59(71)65(39)73(55-35-47(43-11-5-15-51(67)31-43)29-48(36-55)44-12-6-16-52(68)32-44)61-27-23-41-22-26-58-62(28-24-42-21-25-57(61)63(41)64(42)58)74(66-40(2)10-4-20-60(66)72)56-37-49(45-13-7-17-53(69)33-45)30-50(38-56)46-14-8-18-54(70)34-46;1-72-56-17-7-19-58(39-56)74(60-37-50(46-11-5-15-54(69)33-46)30-51(38-60)47-12-6-16-55(70)34-47)64-27-23-43-20-24-61-63(26-22-42-21-25-62(64)66(43)65(42)61)73(57-18-2-8-41(28-57)40-71)59-35-48(44-9-3-13-52(67)31-44)29-49(36-59)45-10-4-14-53(68)32-45/h3-38H,1-2H3;2-39H. The van der Waals surface area contributed by atoms with Gasteiger partial charge in [-0.25, -0.2) is 48.7 Å². The quantitative estimate of drug-likeness (QED) is 0.0432. The first-order valence-electron chi connectivity index (χ1n) is 47.9. The highest BCUT2D eigenvalue weighted by Crippen LogP contribution is 2.55. The van der Waals surface area contributed by atoms with E-state index in [4.69, 9.17) is 6.57 Å². The third-order valence-corrected chi connectivity index (χ3v) is 27.4. The van der Waals surface area contributed by atoms with Crippen LogP contribution >= 0.6 is 0 Å². The summed E-state index contributed by atoms with van der Waals surface area (Å²) in [5.41, 5.74) is 19.7.